The summed E-state index contributed by atoms with van der Waals surface area (Å²) in [5.74, 6) is 1.13. The standard InChI is InChI=1S/C28H29ClIN3O6/c1-5-37-24-13-19(8-10-23(24)36-4)28(35)33-31-15-18-11-22(30)27(25(12-18)38-6-2)39-16-26(34)32-20-9-7-17(3)21(29)14-20/h7-15H,5-6,16H2,1-4H3,(H,32,34)(H,33,35)/b31-15+. The fourth-order valence-electron chi connectivity index (χ4n) is 3.39. The number of ether oxygens (including phenoxy) is 4. The van der Waals surface area contributed by atoms with Crippen LogP contribution in [0, 0.1) is 10.5 Å². The topological polar surface area (TPSA) is 107 Å². The summed E-state index contributed by atoms with van der Waals surface area (Å²) in [6.45, 7) is 6.18. The Bertz CT molecular complexity index is 1370. The van der Waals surface area contributed by atoms with E-state index >= 15 is 0 Å². The molecule has 2 amide bonds. The molecule has 0 unspecified atom stereocenters. The van der Waals surface area contributed by atoms with Gasteiger partial charge in [-0.15, -0.1) is 0 Å². The largest absolute Gasteiger partial charge is 0.493 e. The highest BCUT2D eigenvalue weighted by molar-refractivity contribution is 14.1. The second kappa shape index (κ2) is 14.6. The van der Waals surface area contributed by atoms with Gasteiger partial charge in [-0.25, -0.2) is 5.43 Å². The van der Waals surface area contributed by atoms with Gasteiger partial charge in [0.2, 0.25) is 0 Å². The van der Waals surface area contributed by atoms with E-state index < -0.39 is 5.91 Å². The van der Waals surface area contributed by atoms with Crippen LogP contribution >= 0.6 is 34.2 Å². The predicted octanol–water partition coefficient (Wildman–Crippen LogP) is 5.84. The molecule has 0 aliphatic rings. The highest BCUT2D eigenvalue weighted by Gasteiger charge is 2.15. The number of hydrogen-bond acceptors (Lipinski definition) is 7. The van der Waals surface area contributed by atoms with Crippen LogP contribution in [-0.2, 0) is 4.79 Å². The van der Waals surface area contributed by atoms with Crippen molar-refractivity contribution in [3.8, 4) is 23.0 Å². The van der Waals surface area contributed by atoms with Gasteiger partial charge < -0.3 is 24.3 Å². The summed E-state index contributed by atoms with van der Waals surface area (Å²) in [6.07, 6.45) is 1.49. The summed E-state index contributed by atoms with van der Waals surface area (Å²) < 4.78 is 23.0. The van der Waals surface area contributed by atoms with Crippen molar-refractivity contribution in [1.29, 1.82) is 0 Å². The Morgan fingerprint density at radius 1 is 0.974 bits per heavy atom. The lowest BCUT2D eigenvalue weighted by atomic mass is 10.2. The number of anilines is 1. The molecule has 9 nitrogen and oxygen atoms in total. The number of rotatable bonds is 12. The normalized spacial score (nSPS) is 10.7. The molecule has 0 aliphatic heterocycles. The Hall–Kier alpha value is -3.51. The fourth-order valence-corrected chi connectivity index (χ4v) is 4.35. The minimum absolute atomic E-state index is 0.226. The summed E-state index contributed by atoms with van der Waals surface area (Å²) in [7, 11) is 1.53. The van der Waals surface area contributed by atoms with E-state index in [-0.39, 0.29) is 12.5 Å². The molecule has 3 aromatic carbocycles. The van der Waals surface area contributed by atoms with Gasteiger partial charge in [0.15, 0.2) is 29.6 Å². The summed E-state index contributed by atoms with van der Waals surface area (Å²) in [4.78, 5) is 25.0. The number of hydrazone groups is 1. The van der Waals surface area contributed by atoms with E-state index in [2.05, 4.69) is 38.4 Å². The molecule has 39 heavy (non-hydrogen) atoms. The number of halogens is 2. The second-order valence-corrected chi connectivity index (χ2v) is 9.63. The molecule has 0 fully saturated rings. The van der Waals surface area contributed by atoms with Crippen LogP contribution in [0.1, 0.15) is 35.3 Å². The molecular weight excluding hydrogens is 637 g/mol. The number of benzene rings is 3. The van der Waals surface area contributed by atoms with Crippen LogP contribution in [0.3, 0.4) is 0 Å². The number of aryl methyl sites for hydroxylation is 1. The van der Waals surface area contributed by atoms with Crippen LogP contribution in [0.4, 0.5) is 5.69 Å². The van der Waals surface area contributed by atoms with Crippen LogP contribution in [0.5, 0.6) is 23.0 Å². The maximum Gasteiger partial charge on any atom is 0.271 e. The maximum atomic E-state index is 12.6. The third-order valence-electron chi connectivity index (χ3n) is 5.24. The zero-order valence-corrected chi connectivity index (χ0v) is 24.9. The van der Waals surface area contributed by atoms with Crippen molar-refractivity contribution in [3.05, 3.63) is 73.8 Å². The Labute approximate surface area is 246 Å². The number of amides is 2. The molecular formula is C28H29ClIN3O6. The average Bonchev–Trinajstić information content (AvgIpc) is 2.90. The number of hydrogen-bond donors (Lipinski definition) is 2. The van der Waals surface area contributed by atoms with Gasteiger partial charge in [0.1, 0.15) is 0 Å². The molecule has 0 atom stereocenters. The average molecular weight is 666 g/mol. The Kier molecular flexibility index (Phi) is 11.2. The van der Waals surface area contributed by atoms with E-state index in [1.165, 1.54) is 13.3 Å². The lowest BCUT2D eigenvalue weighted by Crippen LogP contribution is -2.20. The van der Waals surface area contributed by atoms with Gasteiger partial charge in [0.25, 0.3) is 11.8 Å². The quantitative estimate of drug-likeness (QED) is 0.143. The van der Waals surface area contributed by atoms with Crippen LogP contribution in [0.15, 0.2) is 53.6 Å². The summed E-state index contributed by atoms with van der Waals surface area (Å²) in [5, 5.41) is 7.40. The molecule has 0 aromatic heterocycles. The number of nitrogens with zero attached hydrogens (tertiary/aromatic N) is 1. The Morgan fingerprint density at radius 3 is 2.41 bits per heavy atom. The van der Waals surface area contributed by atoms with Crippen LogP contribution < -0.4 is 29.7 Å². The number of carbonyl (C=O) groups excluding carboxylic acids is 2. The van der Waals surface area contributed by atoms with Gasteiger partial charge in [-0.1, -0.05) is 17.7 Å². The smallest absolute Gasteiger partial charge is 0.271 e. The first-order valence-electron chi connectivity index (χ1n) is 12.0. The highest BCUT2D eigenvalue weighted by atomic mass is 127. The van der Waals surface area contributed by atoms with E-state index in [0.29, 0.717) is 61.6 Å². The summed E-state index contributed by atoms with van der Waals surface area (Å²) in [5.41, 5.74) is 5.04. The zero-order chi connectivity index (χ0) is 28.4. The highest BCUT2D eigenvalue weighted by Crippen LogP contribution is 2.34. The monoisotopic (exact) mass is 665 g/mol. The van der Waals surface area contributed by atoms with Gasteiger partial charge in [-0.2, -0.15) is 5.10 Å². The van der Waals surface area contributed by atoms with Gasteiger partial charge >= 0.3 is 0 Å². The van der Waals surface area contributed by atoms with Crippen molar-refractivity contribution < 1.29 is 28.5 Å². The predicted molar refractivity (Wildman–Crippen MR) is 160 cm³/mol. The molecule has 206 valence electrons. The Balaban J connectivity index is 1.67. The summed E-state index contributed by atoms with van der Waals surface area (Å²) >= 11 is 8.22. The van der Waals surface area contributed by atoms with E-state index in [1.807, 2.05) is 26.8 Å². The van der Waals surface area contributed by atoms with Gasteiger partial charge in [0, 0.05) is 16.3 Å². The molecule has 3 rings (SSSR count). The molecule has 0 saturated heterocycles. The first-order valence-corrected chi connectivity index (χ1v) is 13.5. The number of carbonyl (C=O) groups is 2. The van der Waals surface area contributed by atoms with Crippen molar-refractivity contribution >= 4 is 57.9 Å². The minimum atomic E-state index is -0.407. The van der Waals surface area contributed by atoms with Gasteiger partial charge in [-0.3, -0.25) is 9.59 Å². The molecule has 0 bridgehead atoms. The van der Waals surface area contributed by atoms with Gasteiger partial charge in [0.05, 0.1) is 30.1 Å². The molecule has 0 saturated carbocycles. The van der Waals surface area contributed by atoms with Crippen molar-refractivity contribution in [1.82, 2.24) is 5.43 Å². The van der Waals surface area contributed by atoms with E-state index in [1.54, 1.807) is 42.5 Å². The third kappa shape index (κ3) is 8.49. The molecule has 0 radical (unpaired) electrons. The number of nitrogens with one attached hydrogen (secondary N) is 2. The fraction of sp³-hybridized carbons (Fsp3) is 0.250. The molecule has 0 aliphatic carbocycles. The van der Waals surface area contributed by atoms with E-state index in [4.69, 9.17) is 30.5 Å². The Morgan fingerprint density at radius 2 is 1.72 bits per heavy atom. The molecule has 3 aromatic rings. The van der Waals surface area contributed by atoms with E-state index in [0.717, 1.165) is 5.56 Å². The van der Waals surface area contributed by atoms with Gasteiger partial charge in [-0.05, 0) is 97.0 Å². The summed E-state index contributed by atoms with van der Waals surface area (Å²) in [6, 6.07) is 13.7. The minimum Gasteiger partial charge on any atom is -0.493 e. The first-order chi connectivity index (χ1) is 18.7. The molecule has 0 spiro atoms. The number of methoxy groups -OCH3 is 1. The van der Waals surface area contributed by atoms with Crippen LogP contribution in [0.25, 0.3) is 0 Å². The second-order valence-electron chi connectivity index (χ2n) is 8.06. The van der Waals surface area contributed by atoms with Crippen molar-refractivity contribution in [3.63, 3.8) is 0 Å². The third-order valence-corrected chi connectivity index (χ3v) is 6.45. The first kappa shape index (κ1) is 30.0. The molecule has 0 heterocycles. The van der Waals surface area contributed by atoms with Crippen molar-refractivity contribution in [2.75, 3.05) is 32.2 Å². The van der Waals surface area contributed by atoms with Crippen LogP contribution in [-0.4, -0.2) is 45.0 Å². The molecule has 2 N–H and O–H groups in total. The van der Waals surface area contributed by atoms with Crippen molar-refractivity contribution in [2.24, 2.45) is 5.10 Å². The SMILES string of the molecule is CCOc1cc(C(=O)N/N=C/c2cc(I)c(OCC(=O)Nc3ccc(C)c(Cl)c3)c(OCC)c2)ccc1OC. The molecule has 11 heteroatoms. The zero-order valence-electron chi connectivity index (χ0n) is 22.0. The van der Waals surface area contributed by atoms with Crippen molar-refractivity contribution in [2.45, 2.75) is 20.8 Å². The maximum absolute atomic E-state index is 12.6. The van der Waals surface area contributed by atoms with Crippen LogP contribution in [0.2, 0.25) is 5.02 Å². The lowest BCUT2D eigenvalue weighted by Gasteiger charge is -2.15. The lowest BCUT2D eigenvalue weighted by molar-refractivity contribution is -0.118. The van der Waals surface area contributed by atoms with E-state index in [9.17, 15) is 9.59 Å².